The minimum atomic E-state index is -4.07. The molecule has 0 aliphatic heterocycles. The van der Waals surface area contributed by atoms with Gasteiger partial charge in [-0.15, -0.1) is 0 Å². The second kappa shape index (κ2) is 6.45. The van der Waals surface area contributed by atoms with Gasteiger partial charge in [0.1, 0.15) is 4.90 Å². The summed E-state index contributed by atoms with van der Waals surface area (Å²) in [6.07, 6.45) is 0. The van der Waals surface area contributed by atoms with Gasteiger partial charge >= 0.3 is 10.1 Å². The number of rotatable bonds is 4. The van der Waals surface area contributed by atoms with Crippen LogP contribution in [0.25, 0.3) is 11.1 Å². The predicted molar refractivity (Wildman–Crippen MR) is 90.8 cm³/mol. The molecule has 0 N–H and O–H groups in total. The molecule has 0 unspecified atom stereocenters. The fourth-order valence-electron chi connectivity index (χ4n) is 2.25. The first-order valence-corrected chi connectivity index (χ1v) is 8.73. The highest BCUT2D eigenvalue weighted by atomic mass is 32.2. The van der Waals surface area contributed by atoms with E-state index < -0.39 is 15.9 Å². The van der Waals surface area contributed by atoms with E-state index in [0.717, 1.165) is 11.1 Å². The molecule has 122 valence electrons. The van der Waals surface area contributed by atoms with Crippen LogP contribution in [-0.4, -0.2) is 8.42 Å². The molecule has 3 aromatic rings. The molecule has 0 heterocycles. The number of hydrogen-bond acceptors (Lipinski definition) is 3. The first-order chi connectivity index (χ1) is 11.5. The second-order valence-corrected chi connectivity index (χ2v) is 6.91. The average molecular weight is 342 g/mol. The Kier molecular flexibility index (Phi) is 4.36. The second-order valence-electron chi connectivity index (χ2n) is 5.36. The number of aryl methyl sites for hydroxylation is 1. The van der Waals surface area contributed by atoms with Gasteiger partial charge in [0.15, 0.2) is 11.6 Å². The Morgan fingerprint density at radius 2 is 1.50 bits per heavy atom. The van der Waals surface area contributed by atoms with Crippen LogP contribution in [0, 0.1) is 12.7 Å². The van der Waals surface area contributed by atoms with Crippen molar-refractivity contribution in [3.05, 3.63) is 84.2 Å². The predicted octanol–water partition coefficient (Wildman–Crippen LogP) is 4.57. The van der Waals surface area contributed by atoms with Gasteiger partial charge in [0.25, 0.3) is 0 Å². The minimum Gasteiger partial charge on any atom is -0.376 e. The molecule has 0 bridgehead atoms. The topological polar surface area (TPSA) is 43.4 Å². The lowest BCUT2D eigenvalue weighted by atomic mass is 10.1. The molecule has 3 nitrogen and oxygen atoms in total. The monoisotopic (exact) mass is 342 g/mol. The van der Waals surface area contributed by atoms with E-state index in [1.54, 1.807) is 18.2 Å². The van der Waals surface area contributed by atoms with Crippen LogP contribution >= 0.6 is 0 Å². The standard InChI is InChI=1S/C19H15FO3S/c1-14-7-10-17(11-8-14)24(21,22)23-19-12-9-16(13-18(19)20)15-5-3-2-4-6-15/h2-13H,1H3. The Morgan fingerprint density at radius 3 is 2.12 bits per heavy atom. The molecule has 0 spiro atoms. The molecule has 0 atom stereocenters. The lowest BCUT2D eigenvalue weighted by molar-refractivity contribution is 0.461. The van der Waals surface area contributed by atoms with Gasteiger partial charge in [-0.1, -0.05) is 54.1 Å². The Morgan fingerprint density at radius 1 is 0.833 bits per heavy atom. The molecule has 0 aliphatic carbocycles. The smallest absolute Gasteiger partial charge is 0.339 e. The first kappa shape index (κ1) is 16.2. The third-order valence-corrected chi connectivity index (χ3v) is 4.80. The summed E-state index contributed by atoms with van der Waals surface area (Å²) in [6, 6.07) is 19.6. The molecule has 0 amide bonds. The van der Waals surface area contributed by atoms with Crippen molar-refractivity contribution in [2.45, 2.75) is 11.8 Å². The van der Waals surface area contributed by atoms with Gasteiger partial charge in [-0.2, -0.15) is 8.42 Å². The van der Waals surface area contributed by atoms with Crippen molar-refractivity contribution in [1.29, 1.82) is 0 Å². The Hall–Kier alpha value is -2.66. The molecule has 0 aliphatic rings. The summed E-state index contributed by atoms with van der Waals surface area (Å²) < 4.78 is 43.7. The van der Waals surface area contributed by atoms with Crippen molar-refractivity contribution in [2.75, 3.05) is 0 Å². The van der Waals surface area contributed by atoms with Crippen molar-refractivity contribution in [1.82, 2.24) is 0 Å². The molecule has 0 aromatic heterocycles. The molecule has 0 saturated carbocycles. The van der Waals surface area contributed by atoms with Crippen molar-refractivity contribution in [2.24, 2.45) is 0 Å². The van der Waals surface area contributed by atoms with Gasteiger partial charge in [0.2, 0.25) is 0 Å². The zero-order valence-electron chi connectivity index (χ0n) is 12.9. The highest BCUT2D eigenvalue weighted by Gasteiger charge is 2.19. The highest BCUT2D eigenvalue weighted by molar-refractivity contribution is 7.87. The van der Waals surface area contributed by atoms with E-state index >= 15 is 0 Å². The number of hydrogen-bond donors (Lipinski definition) is 0. The molecule has 3 rings (SSSR count). The Labute approximate surface area is 140 Å². The summed E-state index contributed by atoms with van der Waals surface area (Å²) in [7, 11) is -4.07. The molecule has 5 heteroatoms. The molecule has 24 heavy (non-hydrogen) atoms. The maximum absolute atomic E-state index is 14.3. The molecular formula is C19H15FO3S. The van der Waals surface area contributed by atoms with Crippen LogP contribution in [0.1, 0.15) is 5.56 Å². The van der Waals surface area contributed by atoms with E-state index in [4.69, 9.17) is 4.18 Å². The van der Waals surface area contributed by atoms with E-state index in [0.29, 0.717) is 5.56 Å². The maximum Gasteiger partial charge on any atom is 0.339 e. The molecule has 0 fully saturated rings. The molecular weight excluding hydrogens is 327 g/mol. The fraction of sp³-hybridized carbons (Fsp3) is 0.0526. The number of benzene rings is 3. The van der Waals surface area contributed by atoms with E-state index in [2.05, 4.69) is 0 Å². The fourth-order valence-corrected chi connectivity index (χ4v) is 3.19. The molecule has 3 aromatic carbocycles. The zero-order valence-corrected chi connectivity index (χ0v) is 13.8. The van der Waals surface area contributed by atoms with E-state index in [1.807, 2.05) is 37.3 Å². The van der Waals surface area contributed by atoms with Crippen LogP contribution in [-0.2, 0) is 10.1 Å². The van der Waals surface area contributed by atoms with Gasteiger partial charge in [-0.3, -0.25) is 0 Å². The average Bonchev–Trinajstić information content (AvgIpc) is 2.58. The summed E-state index contributed by atoms with van der Waals surface area (Å²) >= 11 is 0. The Balaban J connectivity index is 1.89. The van der Waals surface area contributed by atoms with Crippen molar-refractivity contribution < 1.29 is 17.0 Å². The zero-order chi connectivity index (χ0) is 17.2. The van der Waals surface area contributed by atoms with Crippen LogP contribution < -0.4 is 4.18 Å². The van der Waals surface area contributed by atoms with Crippen molar-refractivity contribution in [3.63, 3.8) is 0 Å². The summed E-state index contributed by atoms with van der Waals surface area (Å²) in [4.78, 5) is -0.0142. The third kappa shape index (κ3) is 3.46. The van der Waals surface area contributed by atoms with Crippen LogP contribution in [0.3, 0.4) is 0 Å². The summed E-state index contributed by atoms with van der Waals surface area (Å²) in [5, 5.41) is 0. The maximum atomic E-state index is 14.3. The van der Waals surface area contributed by atoms with E-state index in [-0.39, 0.29) is 10.6 Å². The lowest BCUT2D eigenvalue weighted by Gasteiger charge is -2.09. The molecule has 0 saturated heterocycles. The van der Waals surface area contributed by atoms with Crippen LogP contribution in [0.15, 0.2) is 77.7 Å². The quantitative estimate of drug-likeness (QED) is 0.652. The van der Waals surface area contributed by atoms with Gasteiger partial charge in [0.05, 0.1) is 0 Å². The third-order valence-electron chi connectivity index (χ3n) is 3.55. The van der Waals surface area contributed by atoms with Gasteiger partial charge in [-0.05, 0) is 42.3 Å². The normalized spacial score (nSPS) is 11.2. The largest absolute Gasteiger partial charge is 0.376 e. The highest BCUT2D eigenvalue weighted by Crippen LogP contribution is 2.27. The minimum absolute atomic E-state index is 0.0142. The van der Waals surface area contributed by atoms with Gasteiger partial charge < -0.3 is 4.18 Å². The van der Waals surface area contributed by atoms with Crippen LogP contribution in [0.2, 0.25) is 0 Å². The SMILES string of the molecule is Cc1ccc(S(=O)(=O)Oc2ccc(-c3ccccc3)cc2F)cc1. The van der Waals surface area contributed by atoms with Crippen molar-refractivity contribution in [3.8, 4) is 16.9 Å². The summed E-state index contributed by atoms with van der Waals surface area (Å²) in [5.41, 5.74) is 2.41. The van der Waals surface area contributed by atoms with Crippen molar-refractivity contribution >= 4 is 10.1 Å². The summed E-state index contributed by atoms with van der Waals surface area (Å²) in [6.45, 7) is 1.85. The van der Waals surface area contributed by atoms with Gasteiger partial charge in [-0.25, -0.2) is 4.39 Å². The lowest BCUT2D eigenvalue weighted by Crippen LogP contribution is -2.10. The summed E-state index contributed by atoms with van der Waals surface area (Å²) in [5.74, 6) is -1.05. The van der Waals surface area contributed by atoms with Crippen LogP contribution in [0.5, 0.6) is 5.75 Å². The van der Waals surface area contributed by atoms with E-state index in [1.165, 1.54) is 24.3 Å². The first-order valence-electron chi connectivity index (χ1n) is 7.32. The van der Waals surface area contributed by atoms with Crippen LogP contribution in [0.4, 0.5) is 4.39 Å². The van der Waals surface area contributed by atoms with Gasteiger partial charge in [0, 0.05) is 0 Å². The molecule has 0 radical (unpaired) electrons. The number of halogens is 1. The van der Waals surface area contributed by atoms with E-state index in [9.17, 15) is 12.8 Å². The Bertz CT molecular complexity index is 950.